The smallest absolute Gasteiger partial charge is 0.223 e. The van der Waals surface area contributed by atoms with Crippen molar-refractivity contribution >= 4 is 5.91 Å². The van der Waals surface area contributed by atoms with Gasteiger partial charge < -0.3 is 9.73 Å². The van der Waals surface area contributed by atoms with E-state index in [0.29, 0.717) is 6.54 Å². The first-order valence-corrected chi connectivity index (χ1v) is 8.22. The van der Waals surface area contributed by atoms with Gasteiger partial charge in [0, 0.05) is 23.6 Å². The third-order valence-electron chi connectivity index (χ3n) is 4.55. The molecule has 1 aliphatic carbocycles. The minimum absolute atomic E-state index is 0.00139. The molecule has 3 aromatic rings. The zero-order valence-corrected chi connectivity index (χ0v) is 13.3. The SMILES string of the molecule is O=C(NCc1ccc(-c2ccccc2)o1)[C@H]1CCc2cn[nH]c2C1. The Labute approximate surface area is 140 Å². The first kappa shape index (κ1) is 14.8. The molecule has 2 heterocycles. The normalized spacial score (nSPS) is 16.6. The fourth-order valence-corrected chi connectivity index (χ4v) is 3.18. The van der Waals surface area contributed by atoms with Gasteiger partial charge in [0.1, 0.15) is 11.5 Å². The van der Waals surface area contributed by atoms with Crippen LogP contribution in [0.3, 0.4) is 0 Å². The van der Waals surface area contributed by atoms with E-state index in [9.17, 15) is 4.79 Å². The fourth-order valence-electron chi connectivity index (χ4n) is 3.18. The van der Waals surface area contributed by atoms with Gasteiger partial charge in [-0.25, -0.2) is 0 Å². The number of nitrogens with one attached hydrogen (secondary N) is 2. The van der Waals surface area contributed by atoms with E-state index in [1.54, 1.807) is 0 Å². The maximum absolute atomic E-state index is 12.4. The van der Waals surface area contributed by atoms with Crippen molar-refractivity contribution in [3.8, 4) is 11.3 Å². The van der Waals surface area contributed by atoms with Crippen molar-refractivity contribution in [1.29, 1.82) is 0 Å². The average Bonchev–Trinajstić information content (AvgIpc) is 3.29. The second-order valence-electron chi connectivity index (χ2n) is 6.16. The summed E-state index contributed by atoms with van der Waals surface area (Å²) in [5, 5.41) is 10.0. The summed E-state index contributed by atoms with van der Waals surface area (Å²) >= 11 is 0. The van der Waals surface area contributed by atoms with Crippen LogP contribution in [-0.4, -0.2) is 16.1 Å². The molecule has 0 radical (unpaired) electrons. The van der Waals surface area contributed by atoms with E-state index in [1.807, 2.05) is 48.7 Å². The number of amides is 1. The monoisotopic (exact) mass is 321 g/mol. The topological polar surface area (TPSA) is 70.9 Å². The molecule has 1 aliphatic rings. The van der Waals surface area contributed by atoms with Crippen molar-refractivity contribution in [1.82, 2.24) is 15.5 Å². The number of aromatic amines is 1. The highest BCUT2D eigenvalue weighted by atomic mass is 16.3. The number of H-pyrrole nitrogens is 1. The van der Waals surface area contributed by atoms with Crippen LogP contribution in [0.4, 0.5) is 0 Å². The number of nitrogens with zero attached hydrogens (tertiary/aromatic N) is 1. The number of hydrogen-bond donors (Lipinski definition) is 2. The van der Waals surface area contributed by atoms with Crippen LogP contribution in [-0.2, 0) is 24.2 Å². The third-order valence-corrected chi connectivity index (χ3v) is 4.55. The lowest BCUT2D eigenvalue weighted by Crippen LogP contribution is -2.33. The van der Waals surface area contributed by atoms with Crippen LogP contribution in [0.25, 0.3) is 11.3 Å². The highest BCUT2D eigenvalue weighted by Crippen LogP contribution is 2.24. The number of hydrogen-bond acceptors (Lipinski definition) is 3. The van der Waals surface area contributed by atoms with E-state index < -0.39 is 0 Å². The molecule has 1 amide bonds. The molecule has 0 saturated carbocycles. The van der Waals surface area contributed by atoms with Gasteiger partial charge in [-0.05, 0) is 30.5 Å². The van der Waals surface area contributed by atoms with Crippen molar-refractivity contribution in [2.45, 2.75) is 25.8 Å². The molecule has 0 bridgehead atoms. The van der Waals surface area contributed by atoms with Gasteiger partial charge in [0.15, 0.2) is 0 Å². The Hall–Kier alpha value is -2.82. The summed E-state index contributed by atoms with van der Waals surface area (Å²) in [6.07, 6.45) is 4.36. The minimum atomic E-state index is 0.00139. The number of aryl methyl sites for hydroxylation is 1. The van der Waals surface area contributed by atoms with E-state index in [2.05, 4.69) is 15.5 Å². The summed E-state index contributed by atoms with van der Waals surface area (Å²) in [5.74, 6) is 1.66. The molecule has 2 N–H and O–H groups in total. The van der Waals surface area contributed by atoms with Crippen LogP contribution < -0.4 is 5.32 Å². The fraction of sp³-hybridized carbons (Fsp3) is 0.263. The lowest BCUT2D eigenvalue weighted by molar-refractivity contribution is -0.125. The maximum Gasteiger partial charge on any atom is 0.223 e. The Morgan fingerprint density at radius 1 is 1.25 bits per heavy atom. The Bertz CT molecular complexity index is 835. The second kappa shape index (κ2) is 6.35. The van der Waals surface area contributed by atoms with Crippen molar-refractivity contribution in [2.24, 2.45) is 5.92 Å². The summed E-state index contributed by atoms with van der Waals surface area (Å²) < 4.78 is 5.82. The number of furan rings is 1. The Morgan fingerprint density at radius 3 is 3.00 bits per heavy atom. The van der Waals surface area contributed by atoms with Crippen LogP contribution in [0.2, 0.25) is 0 Å². The van der Waals surface area contributed by atoms with Crippen molar-refractivity contribution in [3.05, 3.63) is 65.7 Å². The summed E-state index contributed by atoms with van der Waals surface area (Å²) in [6, 6.07) is 13.8. The molecule has 1 aromatic carbocycles. The molecule has 4 rings (SSSR count). The molecule has 0 aliphatic heterocycles. The summed E-state index contributed by atoms with van der Waals surface area (Å²) in [6.45, 7) is 0.415. The van der Waals surface area contributed by atoms with Crippen molar-refractivity contribution < 1.29 is 9.21 Å². The van der Waals surface area contributed by atoms with Gasteiger partial charge in [-0.1, -0.05) is 30.3 Å². The summed E-state index contributed by atoms with van der Waals surface area (Å²) in [7, 11) is 0. The lowest BCUT2D eigenvalue weighted by Gasteiger charge is -2.20. The Morgan fingerprint density at radius 2 is 2.12 bits per heavy atom. The molecular formula is C19H19N3O2. The first-order valence-electron chi connectivity index (χ1n) is 8.22. The standard InChI is InChI=1S/C19H19N3O2/c23-19(14-6-7-15-11-21-22-17(15)10-14)20-12-16-8-9-18(24-16)13-4-2-1-3-5-13/h1-5,8-9,11,14H,6-7,10,12H2,(H,20,23)(H,21,22)/t14-/m0/s1. The number of benzene rings is 1. The highest BCUT2D eigenvalue weighted by molar-refractivity contribution is 5.79. The first-order chi connectivity index (χ1) is 11.8. The lowest BCUT2D eigenvalue weighted by atomic mass is 9.87. The molecule has 2 aromatic heterocycles. The van der Waals surface area contributed by atoms with Gasteiger partial charge in [0.05, 0.1) is 12.7 Å². The zero-order valence-electron chi connectivity index (χ0n) is 13.3. The van der Waals surface area contributed by atoms with E-state index in [4.69, 9.17) is 4.42 Å². The number of aromatic nitrogens is 2. The Kier molecular flexibility index (Phi) is 3.91. The van der Waals surface area contributed by atoms with Crippen LogP contribution >= 0.6 is 0 Å². The number of carbonyl (C=O) groups is 1. The molecular weight excluding hydrogens is 302 g/mol. The van der Waals surface area contributed by atoms with Gasteiger partial charge >= 0.3 is 0 Å². The average molecular weight is 321 g/mol. The van der Waals surface area contributed by atoms with Crippen LogP contribution in [0.1, 0.15) is 23.4 Å². The van der Waals surface area contributed by atoms with E-state index in [-0.39, 0.29) is 11.8 Å². The van der Waals surface area contributed by atoms with Gasteiger partial charge in [-0.3, -0.25) is 9.89 Å². The molecule has 0 unspecified atom stereocenters. The number of carbonyl (C=O) groups excluding carboxylic acids is 1. The molecule has 24 heavy (non-hydrogen) atoms. The molecule has 5 nitrogen and oxygen atoms in total. The second-order valence-corrected chi connectivity index (χ2v) is 6.16. The highest BCUT2D eigenvalue weighted by Gasteiger charge is 2.25. The molecule has 0 fully saturated rings. The largest absolute Gasteiger partial charge is 0.459 e. The molecule has 1 atom stereocenters. The summed E-state index contributed by atoms with van der Waals surface area (Å²) in [5.41, 5.74) is 3.36. The van der Waals surface area contributed by atoms with Gasteiger partial charge in [-0.15, -0.1) is 0 Å². The molecule has 5 heteroatoms. The van der Waals surface area contributed by atoms with E-state index >= 15 is 0 Å². The quantitative estimate of drug-likeness (QED) is 0.776. The van der Waals surface area contributed by atoms with Gasteiger partial charge in [0.2, 0.25) is 5.91 Å². The number of rotatable bonds is 4. The van der Waals surface area contributed by atoms with Gasteiger partial charge in [0.25, 0.3) is 0 Å². The van der Waals surface area contributed by atoms with E-state index in [1.165, 1.54) is 5.56 Å². The maximum atomic E-state index is 12.4. The van der Waals surface area contributed by atoms with Crippen molar-refractivity contribution in [3.63, 3.8) is 0 Å². The number of fused-ring (bicyclic) bond motifs is 1. The summed E-state index contributed by atoms with van der Waals surface area (Å²) in [4.78, 5) is 12.4. The molecule has 0 spiro atoms. The van der Waals surface area contributed by atoms with Crippen LogP contribution in [0, 0.1) is 5.92 Å². The minimum Gasteiger partial charge on any atom is -0.459 e. The van der Waals surface area contributed by atoms with E-state index in [0.717, 1.165) is 42.0 Å². The van der Waals surface area contributed by atoms with Gasteiger partial charge in [-0.2, -0.15) is 5.10 Å². The zero-order chi connectivity index (χ0) is 16.4. The Balaban J connectivity index is 1.36. The van der Waals surface area contributed by atoms with Crippen LogP contribution in [0.5, 0.6) is 0 Å². The van der Waals surface area contributed by atoms with Crippen molar-refractivity contribution in [2.75, 3.05) is 0 Å². The molecule has 0 saturated heterocycles. The molecule has 122 valence electrons. The van der Waals surface area contributed by atoms with Crippen LogP contribution in [0.15, 0.2) is 53.1 Å². The third kappa shape index (κ3) is 2.97. The predicted octanol–water partition coefficient (Wildman–Crippen LogP) is 3.09. The predicted molar refractivity (Wildman–Crippen MR) is 90.1 cm³/mol.